The summed E-state index contributed by atoms with van der Waals surface area (Å²) in [5.74, 6) is 2.93. The summed E-state index contributed by atoms with van der Waals surface area (Å²) in [6.07, 6.45) is 0.807. The van der Waals surface area contributed by atoms with Crippen LogP contribution in [0.2, 0.25) is 0 Å². The highest BCUT2D eigenvalue weighted by molar-refractivity contribution is 5.68. The molecule has 3 aromatic rings. The van der Waals surface area contributed by atoms with Crippen molar-refractivity contribution in [3.05, 3.63) is 71.8 Å². The molecule has 0 aliphatic heterocycles. The van der Waals surface area contributed by atoms with E-state index in [4.69, 9.17) is 18.9 Å². The average Bonchev–Trinajstić information content (AvgIpc) is 2.73. The second-order valence-electron chi connectivity index (χ2n) is 6.14. The molecule has 0 N–H and O–H groups in total. The summed E-state index contributed by atoms with van der Waals surface area (Å²) < 4.78 is 21.5. The van der Waals surface area contributed by atoms with Crippen LogP contribution in [0.3, 0.4) is 0 Å². The largest absolute Gasteiger partial charge is 0.493 e. The Bertz CT molecular complexity index is 918. The van der Waals surface area contributed by atoms with Crippen LogP contribution in [0.5, 0.6) is 23.0 Å². The van der Waals surface area contributed by atoms with E-state index in [9.17, 15) is 0 Å². The van der Waals surface area contributed by atoms with Crippen LogP contribution in [0, 0.1) is 0 Å². The highest BCUT2D eigenvalue weighted by Crippen LogP contribution is 2.33. The van der Waals surface area contributed by atoms with Gasteiger partial charge in [0, 0.05) is 0 Å². The minimum atomic E-state index is 0.722. The molecule has 0 aromatic heterocycles. The zero-order chi connectivity index (χ0) is 19.2. The lowest BCUT2D eigenvalue weighted by atomic mass is 9.98. The second-order valence-corrected chi connectivity index (χ2v) is 6.14. The van der Waals surface area contributed by atoms with Crippen LogP contribution in [0.25, 0.3) is 11.1 Å². The Morgan fingerprint density at radius 1 is 0.519 bits per heavy atom. The highest BCUT2D eigenvalue weighted by Gasteiger charge is 2.08. The lowest BCUT2D eigenvalue weighted by Gasteiger charge is -2.12. The Labute approximate surface area is 160 Å². The second kappa shape index (κ2) is 8.49. The van der Waals surface area contributed by atoms with Crippen molar-refractivity contribution in [1.29, 1.82) is 0 Å². The van der Waals surface area contributed by atoms with E-state index in [0.29, 0.717) is 0 Å². The molecular formula is C23H24O4. The van der Waals surface area contributed by atoms with Crippen LogP contribution in [-0.4, -0.2) is 28.4 Å². The maximum absolute atomic E-state index is 5.42. The van der Waals surface area contributed by atoms with Crippen LogP contribution in [0.15, 0.2) is 60.7 Å². The molecule has 27 heavy (non-hydrogen) atoms. The van der Waals surface area contributed by atoms with Crippen molar-refractivity contribution in [1.82, 2.24) is 0 Å². The Hall–Kier alpha value is -3.14. The van der Waals surface area contributed by atoms with E-state index in [1.54, 1.807) is 28.4 Å². The molecule has 0 bridgehead atoms. The Balaban J connectivity index is 1.88. The van der Waals surface area contributed by atoms with Gasteiger partial charge in [-0.05, 0) is 52.9 Å². The standard InChI is InChI=1S/C23H24O4/c1-24-20-10-8-17(14-22(20)26-3)12-16-6-5-7-18(13-16)19-9-11-21(25-2)23(15-19)27-4/h5-11,13-15H,12H2,1-4H3. The maximum Gasteiger partial charge on any atom is 0.161 e. The predicted octanol–water partition coefficient (Wildman–Crippen LogP) is 4.98. The maximum atomic E-state index is 5.42. The van der Waals surface area contributed by atoms with Crippen LogP contribution in [-0.2, 0) is 6.42 Å². The van der Waals surface area contributed by atoms with Crippen molar-refractivity contribution in [3.8, 4) is 34.1 Å². The summed E-state index contributed by atoms with van der Waals surface area (Å²) in [6.45, 7) is 0. The van der Waals surface area contributed by atoms with Gasteiger partial charge >= 0.3 is 0 Å². The quantitative estimate of drug-likeness (QED) is 0.593. The summed E-state index contributed by atoms with van der Waals surface area (Å²) in [5, 5.41) is 0. The minimum absolute atomic E-state index is 0.722. The van der Waals surface area contributed by atoms with Crippen LogP contribution in [0.1, 0.15) is 11.1 Å². The molecule has 0 saturated heterocycles. The van der Waals surface area contributed by atoms with Gasteiger partial charge in [-0.2, -0.15) is 0 Å². The number of benzene rings is 3. The van der Waals surface area contributed by atoms with Crippen LogP contribution < -0.4 is 18.9 Å². The van der Waals surface area contributed by atoms with Crippen molar-refractivity contribution in [2.24, 2.45) is 0 Å². The van der Waals surface area contributed by atoms with Gasteiger partial charge in [0.05, 0.1) is 28.4 Å². The molecule has 0 heterocycles. The fourth-order valence-corrected chi connectivity index (χ4v) is 3.10. The summed E-state index contributed by atoms with van der Waals surface area (Å²) in [6, 6.07) is 20.5. The monoisotopic (exact) mass is 364 g/mol. The molecule has 140 valence electrons. The zero-order valence-electron chi connectivity index (χ0n) is 16.1. The molecule has 0 saturated carbocycles. The summed E-state index contributed by atoms with van der Waals surface area (Å²) >= 11 is 0. The summed E-state index contributed by atoms with van der Waals surface area (Å²) in [7, 11) is 6.58. The van der Waals surface area contributed by atoms with E-state index in [-0.39, 0.29) is 0 Å². The molecular weight excluding hydrogens is 340 g/mol. The van der Waals surface area contributed by atoms with Crippen molar-refractivity contribution in [2.45, 2.75) is 6.42 Å². The smallest absolute Gasteiger partial charge is 0.161 e. The van der Waals surface area contributed by atoms with Crippen molar-refractivity contribution >= 4 is 0 Å². The first-order valence-corrected chi connectivity index (χ1v) is 8.70. The van der Waals surface area contributed by atoms with Gasteiger partial charge in [-0.1, -0.05) is 36.4 Å². The van der Waals surface area contributed by atoms with Crippen LogP contribution >= 0.6 is 0 Å². The molecule has 0 spiro atoms. The van der Waals surface area contributed by atoms with Gasteiger partial charge in [0.1, 0.15) is 0 Å². The molecule has 0 aliphatic carbocycles. The van der Waals surface area contributed by atoms with Gasteiger partial charge < -0.3 is 18.9 Å². The minimum Gasteiger partial charge on any atom is -0.493 e. The molecule has 0 fully saturated rings. The van der Waals surface area contributed by atoms with E-state index >= 15 is 0 Å². The third-order valence-electron chi connectivity index (χ3n) is 4.50. The van der Waals surface area contributed by atoms with Gasteiger partial charge in [0.2, 0.25) is 0 Å². The van der Waals surface area contributed by atoms with E-state index in [2.05, 4.69) is 30.3 Å². The van der Waals surface area contributed by atoms with E-state index in [1.165, 1.54) is 5.56 Å². The Kier molecular flexibility index (Phi) is 5.87. The van der Waals surface area contributed by atoms with Gasteiger partial charge in [-0.3, -0.25) is 0 Å². The number of ether oxygens (including phenoxy) is 4. The topological polar surface area (TPSA) is 36.9 Å². The summed E-state index contributed by atoms with van der Waals surface area (Å²) in [4.78, 5) is 0. The molecule has 0 atom stereocenters. The highest BCUT2D eigenvalue weighted by atomic mass is 16.5. The van der Waals surface area contributed by atoms with Gasteiger partial charge in [0.15, 0.2) is 23.0 Å². The first-order valence-electron chi connectivity index (χ1n) is 8.70. The SMILES string of the molecule is COc1ccc(Cc2cccc(-c3ccc(OC)c(OC)c3)c2)cc1OC. The number of hydrogen-bond donors (Lipinski definition) is 0. The number of rotatable bonds is 7. The molecule has 4 nitrogen and oxygen atoms in total. The van der Waals surface area contributed by atoms with Gasteiger partial charge in [0.25, 0.3) is 0 Å². The first kappa shape index (κ1) is 18.6. The number of hydrogen-bond acceptors (Lipinski definition) is 4. The van der Waals surface area contributed by atoms with Crippen molar-refractivity contribution < 1.29 is 18.9 Å². The molecule has 0 unspecified atom stereocenters. The fourth-order valence-electron chi connectivity index (χ4n) is 3.10. The predicted molar refractivity (Wildman–Crippen MR) is 107 cm³/mol. The average molecular weight is 364 g/mol. The van der Waals surface area contributed by atoms with Crippen LogP contribution in [0.4, 0.5) is 0 Å². The zero-order valence-corrected chi connectivity index (χ0v) is 16.1. The van der Waals surface area contributed by atoms with E-state index < -0.39 is 0 Å². The Morgan fingerprint density at radius 2 is 1.07 bits per heavy atom. The Morgan fingerprint density at radius 3 is 1.74 bits per heavy atom. The molecule has 0 radical (unpaired) electrons. The van der Waals surface area contributed by atoms with E-state index in [1.807, 2.05) is 30.3 Å². The molecule has 0 aliphatic rings. The molecule has 4 heteroatoms. The molecule has 3 rings (SSSR count). The molecule has 3 aromatic carbocycles. The lowest BCUT2D eigenvalue weighted by molar-refractivity contribution is 0.354. The van der Waals surface area contributed by atoms with Crippen molar-refractivity contribution in [3.63, 3.8) is 0 Å². The van der Waals surface area contributed by atoms with Gasteiger partial charge in [-0.15, -0.1) is 0 Å². The van der Waals surface area contributed by atoms with Crippen molar-refractivity contribution in [2.75, 3.05) is 28.4 Å². The van der Waals surface area contributed by atoms with Gasteiger partial charge in [-0.25, -0.2) is 0 Å². The third kappa shape index (κ3) is 4.17. The normalized spacial score (nSPS) is 10.4. The lowest BCUT2D eigenvalue weighted by Crippen LogP contribution is -1.94. The fraction of sp³-hybridized carbons (Fsp3) is 0.217. The molecule has 0 amide bonds. The first-order chi connectivity index (χ1) is 13.2. The van der Waals surface area contributed by atoms with E-state index in [0.717, 1.165) is 46.1 Å². The summed E-state index contributed by atoms with van der Waals surface area (Å²) in [5.41, 5.74) is 4.60. The third-order valence-corrected chi connectivity index (χ3v) is 4.50. The number of methoxy groups -OCH3 is 4.